The molecule has 362 valence electrons. The van der Waals surface area contributed by atoms with Crippen molar-refractivity contribution in [3.8, 4) is 45.3 Å². The molecule has 6 rings (SSSR count). The molecule has 2 aromatic heterocycles. The molecule has 0 radical (unpaired) electrons. The van der Waals surface area contributed by atoms with Crippen molar-refractivity contribution in [2.24, 2.45) is 0 Å². The molecule has 4 aromatic carbocycles. The van der Waals surface area contributed by atoms with Gasteiger partial charge in [-0.1, -0.05) is 93.0 Å². The van der Waals surface area contributed by atoms with Crippen molar-refractivity contribution in [2.45, 2.75) is 103 Å². The summed E-state index contributed by atoms with van der Waals surface area (Å²) in [6.45, 7) is 7.61. The third kappa shape index (κ3) is 14.7. The van der Waals surface area contributed by atoms with E-state index < -0.39 is 30.8 Å². The van der Waals surface area contributed by atoms with E-state index in [9.17, 15) is 23.2 Å². The number of benzene rings is 4. The monoisotopic (exact) mass is 968 g/mol. The summed E-state index contributed by atoms with van der Waals surface area (Å²) in [5, 5.41) is 1.73. The highest BCUT2D eigenvalue weighted by molar-refractivity contribution is 7.16. The van der Waals surface area contributed by atoms with Gasteiger partial charge in [-0.25, -0.2) is 13.6 Å². The maximum atomic E-state index is 14.7. The molecule has 0 amide bonds. The number of halogens is 2. The third-order valence-corrected chi connectivity index (χ3v) is 13.6. The van der Waals surface area contributed by atoms with Crippen molar-refractivity contribution < 1.29 is 42.0 Å². The highest BCUT2D eigenvalue weighted by atomic mass is 32.1. The average Bonchev–Trinajstić information content (AvgIpc) is 3.34. The normalized spacial score (nSPS) is 11.6. The van der Waals surface area contributed by atoms with E-state index in [1.54, 1.807) is 26.4 Å². The standard InChI is InChI=1S/C55H62F2O9S2/c1-6-9-11-15-37-17-23-44(48(29-37)61-4)46-31-39-19-21-41(33-50(39)67-53(46)59)65-35-43(63-27-13-25-55(56,57)26-14-28-64-52(58)8-3)36-66-42-22-20-40-32-47(54(60)68-51(40)34-42)45-24-18-38(16-12-10-7-2)30-49(45)62-5/h8,17-24,29-34,43H,3,6-7,9-16,25-28,35-36H2,1-2,4-5H3. The van der Waals surface area contributed by atoms with Crippen LogP contribution >= 0.6 is 22.7 Å². The summed E-state index contributed by atoms with van der Waals surface area (Å²) in [6.07, 6.45) is 8.21. The number of rotatable bonds is 28. The number of fused-ring (bicyclic) bond motifs is 2. The second-order valence-corrected chi connectivity index (χ2v) is 18.9. The van der Waals surface area contributed by atoms with Crippen LogP contribution < -0.4 is 28.4 Å². The van der Waals surface area contributed by atoms with Crippen LogP contribution in [0.5, 0.6) is 23.0 Å². The Labute approximate surface area is 405 Å². The molecule has 9 nitrogen and oxygen atoms in total. The minimum atomic E-state index is -2.98. The molecule has 0 aliphatic heterocycles. The number of alkyl halides is 2. The van der Waals surface area contributed by atoms with Gasteiger partial charge >= 0.3 is 5.97 Å². The van der Waals surface area contributed by atoms with E-state index >= 15 is 0 Å². The Morgan fingerprint density at radius 1 is 0.632 bits per heavy atom. The molecule has 0 saturated heterocycles. The van der Waals surface area contributed by atoms with Crippen LogP contribution in [0.15, 0.2) is 107 Å². The number of carbonyl (C=O) groups is 1. The van der Waals surface area contributed by atoms with Crippen LogP contribution in [0.2, 0.25) is 0 Å². The SMILES string of the molecule is C=CC(=O)OCCCC(F)(F)CCCOC(COc1ccc2cc(-c3ccc(CCCCC)cc3OC)c(=O)sc2c1)COc1ccc2cc(-c3ccc(CCCCC)cc3OC)c(=O)sc2c1. The molecular weight excluding hydrogens is 907 g/mol. The zero-order chi connectivity index (χ0) is 48.5. The van der Waals surface area contributed by atoms with Crippen LogP contribution in [0.4, 0.5) is 8.78 Å². The predicted octanol–water partition coefficient (Wildman–Crippen LogP) is 13.4. The van der Waals surface area contributed by atoms with Crippen LogP contribution in [0.25, 0.3) is 42.4 Å². The van der Waals surface area contributed by atoms with E-state index in [0.717, 1.165) is 111 Å². The Morgan fingerprint density at radius 2 is 1.12 bits per heavy atom. The Balaban J connectivity index is 1.15. The summed E-state index contributed by atoms with van der Waals surface area (Å²) in [5.74, 6) is -1.30. The fourth-order valence-electron chi connectivity index (χ4n) is 7.91. The van der Waals surface area contributed by atoms with Crippen LogP contribution in [0.3, 0.4) is 0 Å². The van der Waals surface area contributed by atoms with Gasteiger partial charge in [0.1, 0.15) is 42.3 Å². The minimum Gasteiger partial charge on any atom is -0.496 e. The van der Waals surface area contributed by atoms with E-state index in [2.05, 4.69) is 32.6 Å². The van der Waals surface area contributed by atoms with Crippen molar-refractivity contribution in [1.82, 2.24) is 0 Å². The van der Waals surface area contributed by atoms with Gasteiger partial charge in [-0.15, -0.1) is 0 Å². The lowest BCUT2D eigenvalue weighted by molar-refractivity contribution is -0.138. The van der Waals surface area contributed by atoms with Crippen LogP contribution in [-0.4, -0.2) is 58.6 Å². The first-order valence-corrected chi connectivity index (χ1v) is 25.1. The summed E-state index contributed by atoms with van der Waals surface area (Å²) in [4.78, 5) is 38.4. The van der Waals surface area contributed by atoms with Gasteiger partial charge < -0.3 is 28.4 Å². The Hall–Kier alpha value is -5.63. The fourth-order valence-corrected chi connectivity index (χ4v) is 9.71. The van der Waals surface area contributed by atoms with Crippen molar-refractivity contribution in [1.29, 1.82) is 0 Å². The minimum absolute atomic E-state index is 0.00894. The topological polar surface area (TPSA) is 107 Å². The summed E-state index contributed by atoms with van der Waals surface area (Å²) >= 11 is 2.24. The molecule has 13 heteroatoms. The maximum absolute atomic E-state index is 14.7. The number of aryl methyl sites for hydroxylation is 2. The predicted molar refractivity (Wildman–Crippen MR) is 272 cm³/mol. The van der Waals surface area contributed by atoms with E-state index in [1.165, 1.54) is 11.1 Å². The molecule has 68 heavy (non-hydrogen) atoms. The van der Waals surface area contributed by atoms with Gasteiger partial charge in [-0.2, -0.15) is 0 Å². The molecule has 0 atom stereocenters. The second kappa shape index (κ2) is 25.7. The lowest BCUT2D eigenvalue weighted by Crippen LogP contribution is -2.29. The Bertz CT molecular complexity index is 2580. The van der Waals surface area contributed by atoms with Gasteiger partial charge in [0.2, 0.25) is 15.4 Å². The Morgan fingerprint density at radius 3 is 1.57 bits per heavy atom. The molecule has 0 aliphatic carbocycles. The number of hydrogen-bond acceptors (Lipinski definition) is 11. The highest BCUT2D eigenvalue weighted by Crippen LogP contribution is 2.35. The van der Waals surface area contributed by atoms with Crippen molar-refractivity contribution in [2.75, 3.05) is 40.6 Å². The number of unbranched alkanes of at least 4 members (excludes halogenated alkanes) is 4. The lowest BCUT2D eigenvalue weighted by atomic mass is 10.0. The number of ether oxygens (including phenoxy) is 6. The van der Waals surface area contributed by atoms with Crippen molar-refractivity contribution >= 4 is 48.8 Å². The number of hydrogen-bond donors (Lipinski definition) is 0. The first kappa shape index (κ1) is 51.8. The first-order valence-electron chi connectivity index (χ1n) is 23.5. The molecule has 2 heterocycles. The molecule has 6 aromatic rings. The van der Waals surface area contributed by atoms with Crippen LogP contribution in [-0.2, 0) is 27.1 Å². The molecule has 0 fully saturated rings. The van der Waals surface area contributed by atoms with Crippen molar-refractivity contribution in [3.63, 3.8) is 0 Å². The number of methoxy groups -OCH3 is 2. The molecule has 0 unspecified atom stereocenters. The first-order chi connectivity index (χ1) is 32.9. The molecule has 0 saturated carbocycles. The lowest BCUT2D eigenvalue weighted by Gasteiger charge is -2.21. The molecule has 0 N–H and O–H groups in total. The number of carbonyl (C=O) groups excluding carboxylic acids is 1. The molecular formula is C55H62F2O9S2. The van der Waals surface area contributed by atoms with E-state index in [4.69, 9.17) is 28.4 Å². The van der Waals surface area contributed by atoms with Gasteiger partial charge in [0.25, 0.3) is 0 Å². The molecule has 0 bridgehead atoms. The van der Waals surface area contributed by atoms with Gasteiger partial charge in [0.05, 0.1) is 20.8 Å². The van der Waals surface area contributed by atoms with E-state index in [-0.39, 0.29) is 48.8 Å². The van der Waals surface area contributed by atoms with Crippen LogP contribution in [0.1, 0.15) is 89.2 Å². The average molecular weight is 969 g/mol. The Kier molecular flexibility index (Phi) is 19.5. The smallest absolute Gasteiger partial charge is 0.330 e. The second-order valence-electron chi connectivity index (χ2n) is 16.8. The summed E-state index contributed by atoms with van der Waals surface area (Å²) in [6, 6.07) is 26.9. The molecule has 0 spiro atoms. The van der Waals surface area contributed by atoms with Gasteiger partial charge in [-0.3, -0.25) is 9.59 Å². The summed E-state index contributed by atoms with van der Waals surface area (Å²) < 4.78 is 65.6. The maximum Gasteiger partial charge on any atom is 0.330 e. The van der Waals surface area contributed by atoms with Crippen molar-refractivity contribution in [3.05, 3.63) is 128 Å². The van der Waals surface area contributed by atoms with E-state index in [0.29, 0.717) is 34.1 Å². The summed E-state index contributed by atoms with van der Waals surface area (Å²) in [5.41, 5.74) is 4.95. The number of esters is 1. The largest absolute Gasteiger partial charge is 0.496 e. The molecule has 0 aliphatic rings. The van der Waals surface area contributed by atoms with Gasteiger partial charge in [0.15, 0.2) is 0 Å². The van der Waals surface area contributed by atoms with Gasteiger partial charge in [-0.05, 0) is 121 Å². The zero-order valence-electron chi connectivity index (χ0n) is 39.5. The van der Waals surface area contributed by atoms with Gasteiger partial charge in [0, 0.05) is 57.2 Å². The summed E-state index contributed by atoms with van der Waals surface area (Å²) in [7, 11) is 3.24. The fraction of sp³-hybridized carbons (Fsp3) is 0.400. The third-order valence-electron chi connectivity index (χ3n) is 11.7. The highest BCUT2D eigenvalue weighted by Gasteiger charge is 2.28. The van der Waals surface area contributed by atoms with E-state index in [1.807, 2.05) is 60.7 Å². The quantitative estimate of drug-likeness (QED) is 0.0270. The van der Waals surface area contributed by atoms with Crippen LogP contribution in [0, 0.1) is 0 Å². The zero-order valence-corrected chi connectivity index (χ0v) is 41.1.